The molecule has 168 valence electrons. The number of halogens is 1. The summed E-state index contributed by atoms with van der Waals surface area (Å²) in [5.74, 6) is -1.14. The molecule has 3 rings (SSSR count). The lowest BCUT2D eigenvalue weighted by Gasteiger charge is -2.36. The van der Waals surface area contributed by atoms with Crippen LogP contribution >= 0.6 is 0 Å². The second-order valence-corrected chi connectivity index (χ2v) is 8.27. The lowest BCUT2D eigenvalue weighted by molar-refractivity contribution is 0.0940. The maximum absolute atomic E-state index is 13.1. The van der Waals surface area contributed by atoms with E-state index in [1.165, 1.54) is 16.7 Å². The second kappa shape index (κ2) is 9.57. The minimum Gasteiger partial charge on any atom is -0.501 e. The fourth-order valence-corrected chi connectivity index (χ4v) is 3.97. The van der Waals surface area contributed by atoms with Gasteiger partial charge in [-0.2, -0.15) is 0 Å². The third-order valence-electron chi connectivity index (χ3n) is 5.78. The SMILES string of the molecule is CNC1c2nc(C(=O)NCc3ccc(F)cc3)c(O)c(=O)n2CCN(C(C)C)CC1C. The number of carbonyl (C=O) groups excluding carboxylic acids is 1. The molecule has 1 aliphatic rings. The first kappa shape index (κ1) is 22.9. The topological polar surface area (TPSA) is 99.5 Å². The van der Waals surface area contributed by atoms with Crippen molar-refractivity contribution in [1.82, 2.24) is 25.1 Å². The largest absolute Gasteiger partial charge is 0.501 e. The summed E-state index contributed by atoms with van der Waals surface area (Å²) in [5, 5.41) is 16.3. The van der Waals surface area contributed by atoms with Crippen molar-refractivity contribution >= 4 is 5.91 Å². The van der Waals surface area contributed by atoms with E-state index >= 15 is 0 Å². The zero-order valence-corrected chi connectivity index (χ0v) is 18.4. The molecule has 1 amide bonds. The summed E-state index contributed by atoms with van der Waals surface area (Å²) in [6.45, 7) is 8.23. The van der Waals surface area contributed by atoms with Crippen molar-refractivity contribution in [1.29, 1.82) is 0 Å². The van der Waals surface area contributed by atoms with Crippen molar-refractivity contribution in [3.63, 3.8) is 0 Å². The average molecular weight is 432 g/mol. The van der Waals surface area contributed by atoms with Gasteiger partial charge in [0, 0.05) is 32.2 Å². The van der Waals surface area contributed by atoms with Crippen molar-refractivity contribution in [3.05, 3.63) is 57.5 Å². The van der Waals surface area contributed by atoms with E-state index in [2.05, 4.69) is 41.3 Å². The predicted molar refractivity (Wildman–Crippen MR) is 115 cm³/mol. The van der Waals surface area contributed by atoms with Gasteiger partial charge in [0.25, 0.3) is 11.5 Å². The Kier molecular flexibility index (Phi) is 7.07. The van der Waals surface area contributed by atoms with Gasteiger partial charge in [0.05, 0.1) is 6.04 Å². The Balaban J connectivity index is 1.93. The van der Waals surface area contributed by atoms with E-state index in [-0.39, 0.29) is 30.0 Å². The fourth-order valence-electron chi connectivity index (χ4n) is 3.97. The zero-order chi connectivity index (χ0) is 22.7. The lowest BCUT2D eigenvalue weighted by atomic mass is 9.98. The van der Waals surface area contributed by atoms with Crippen LogP contribution < -0.4 is 16.2 Å². The molecule has 0 saturated carbocycles. The molecular formula is C22H30FN5O3. The fraction of sp³-hybridized carbons (Fsp3) is 0.500. The van der Waals surface area contributed by atoms with Crippen LogP contribution in [0.5, 0.6) is 5.75 Å². The van der Waals surface area contributed by atoms with Crippen LogP contribution in [0.25, 0.3) is 0 Å². The number of fused-ring (bicyclic) bond motifs is 1. The van der Waals surface area contributed by atoms with Crippen molar-refractivity contribution in [2.24, 2.45) is 5.92 Å². The van der Waals surface area contributed by atoms with Crippen molar-refractivity contribution < 1.29 is 14.3 Å². The van der Waals surface area contributed by atoms with Crippen LogP contribution in [0.1, 0.15) is 48.7 Å². The minimum absolute atomic E-state index is 0.116. The third kappa shape index (κ3) is 4.94. The normalized spacial score (nSPS) is 19.5. The Morgan fingerprint density at radius 2 is 1.97 bits per heavy atom. The van der Waals surface area contributed by atoms with E-state index in [4.69, 9.17) is 0 Å². The number of hydrogen-bond donors (Lipinski definition) is 3. The van der Waals surface area contributed by atoms with Gasteiger partial charge in [0.2, 0.25) is 5.75 Å². The summed E-state index contributed by atoms with van der Waals surface area (Å²) in [7, 11) is 1.79. The number of benzene rings is 1. The molecule has 31 heavy (non-hydrogen) atoms. The molecule has 0 spiro atoms. The van der Waals surface area contributed by atoms with Gasteiger partial charge in [-0.1, -0.05) is 19.1 Å². The van der Waals surface area contributed by atoms with Crippen LogP contribution in [0.15, 0.2) is 29.1 Å². The van der Waals surface area contributed by atoms with Crippen LogP contribution in [0, 0.1) is 11.7 Å². The molecule has 0 saturated heterocycles. The Hall–Kier alpha value is -2.78. The zero-order valence-electron chi connectivity index (χ0n) is 18.4. The number of nitrogens with zero attached hydrogens (tertiary/aromatic N) is 3. The molecule has 0 bridgehead atoms. The summed E-state index contributed by atoms with van der Waals surface area (Å²) in [6.07, 6.45) is 0. The first-order valence-corrected chi connectivity index (χ1v) is 10.5. The molecule has 2 unspecified atom stereocenters. The van der Waals surface area contributed by atoms with E-state index in [0.717, 1.165) is 6.54 Å². The van der Waals surface area contributed by atoms with Crippen LogP contribution in [0.4, 0.5) is 4.39 Å². The highest BCUT2D eigenvalue weighted by molar-refractivity contribution is 5.94. The second-order valence-electron chi connectivity index (χ2n) is 8.27. The quantitative estimate of drug-likeness (QED) is 0.666. The van der Waals surface area contributed by atoms with Gasteiger partial charge in [-0.25, -0.2) is 9.37 Å². The number of carbonyl (C=O) groups is 1. The average Bonchev–Trinajstić information content (AvgIpc) is 2.73. The molecule has 1 aromatic heterocycles. The molecule has 1 aliphatic heterocycles. The van der Waals surface area contributed by atoms with E-state index in [0.29, 0.717) is 30.5 Å². The Morgan fingerprint density at radius 1 is 1.29 bits per heavy atom. The monoisotopic (exact) mass is 431 g/mol. The molecule has 1 aromatic carbocycles. The van der Waals surface area contributed by atoms with Crippen LogP contribution in [-0.4, -0.2) is 51.6 Å². The Bertz CT molecular complexity index is 990. The van der Waals surface area contributed by atoms with E-state index < -0.39 is 17.2 Å². The number of rotatable bonds is 5. The summed E-state index contributed by atoms with van der Waals surface area (Å²) < 4.78 is 14.5. The summed E-state index contributed by atoms with van der Waals surface area (Å²) in [5.41, 5.74) is -0.241. The first-order chi connectivity index (χ1) is 14.7. The van der Waals surface area contributed by atoms with Gasteiger partial charge >= 0.3 is 0 Å². The highest BCUT2D eigenvalue weighted by Crippen LogP contribution is 2.25. The molecule has 8 nitrogen and oxygen atoms in total. The molecular weight excluding hydrogens is 401 g/mol. The molecule has 9 heteroatoms. The number of amides is 1. The molecule has 2 atom stereocenters. The smallest absolute Gasteiger partial charge is 0.296 e. The number of hydrogen-bond acceptors (Lipinski definition) is 6. The van der Waals surface area contributed by atoms with Gasteiger partial charge in [0.15, 0.2) is 5.69 Å². The highest BCUT2D eigenvalue weighted by atomic mass is 19.1. The summed E-state index contributed by atoms with van der Waals surface area (Å²) in [4.78, 5) is 32.4. The van der Waals surface area contributed by atoms with Crippen molar-refractivity contribution in [2.75, 3.05) is 20.1 Å². The van der Waals surface area contributed by atoms with Gasteiger partial charge in [-0.15, -0.1) is 0 Å². The molecule has 2 heterocycles. The van der Waals surface area contributed by atoms with Crippen LogP contribution in [0.3, 0.4) is 0 Å². The van der Waals surface area contributed by atoms with Gasteiger partial charge in [0.1, 0.15) is 11.6 Å². The van der Waals surface area contributed by atoms with Gasteiger partial charge < -0.3 is 15.7 Å². The number of aromatic hydroxyl groups is 1. The van der Waals surface area contributed by atoms with Crippen molar-refractivity contribution in [3.8, 4) is 5.75 Å². The molecule has 0 fully saturated rings. The van der Waals surface area contributed by atoms with Crippen molar-refractivity contribution in [2.45, 2.75) is 45.9 Å². The predicted octanol–water partition coefficient (Wildman–Crippen LogP) is 1.64. The summed E-state index contributed by atoms with van der Waals surface area (Å²) >= 11 is 0. The maximum atomic E-state index is 13.1. The number of nitrogens with one attached hydrogen (secondary N) is 2. The minimum atomic E-state index is -0.667. The highest BCUT2D eigenvalue weighted by Gasteiger charge is 2.31. The molecule has 0 aliphatic carbocycles. The standard InChI is InChI=1S/C22H30FN5O3/c1-13(2)27-9-10-28-20(17(24-4)14(3)12-27)26-18(19(29)22(28)31)21(30)25-11-15-5-7-16(23)8-6-15/h5-8,13-14,17,24,29H,9-12H2,1-4H3,(H,25,30). The molecule has 2 aromatic rings. The molecule has 3 N–H and O–H groups in total. The third-order valence-corrected chi connectivity index (χ3v) is 5.78. The maximum Gasteiger partial charge on any atom is 0.296 e. The van der Waals surface area contributed by atoms with E-state index in [9.17, 15) is 19.1 Å². The van der Waals surface area contributed by atoms with E-state index in [1.807, 2.05) is 0 Å². The van der Waals surface area contributed by atoms with Gasteiger partial charge in [-0.3, -0.25) is 19.1 Å². The Labute approximate surface area is 181 Å². The molecule has 0 radical (unpaired) electrons. The number of aromatic nitrogens is 2. The van der Waals surface area contributed by atoms with Crippen LogP contribution in [0.2, 0.25) is 0 Å². The first-order valence-electron chi connectivity index (χ1n) is 10.5. The Morgan fingerprint density at radius 3 is 2.58 bits per heavy atom. The summed E-state index contributed by atoms with van der Waals surface area (Å²) in [6, 6.07) is 5.76. The van der Waals surface area contributed by atoms with Crippen LogP contribution in [-0.2, 0) is 13.1 Å². The van der Waals surface area contributed by atoms with Gasteiger partial charge in [-0.05, 0) is 44.5 Å². The lowest BCUT2D eigenvalue weighted by Crippen LogP contribution is -2.46. The van der Waals surface area contributed by atoms with E-state index in [1.54, 1.807) is 19.2 Å².